The summed E-state index contributed by atoms with van der Waals surface area (Å²) in [5.74, 6) is 1.68. The van der Waals surface area contributed by atoms with Crippen molar-refractivity contribution in [3.63, 3.8) is 0 Å². The van der Waals surface area contributed by atoms with E-state index in [0.717, 1.165) is 25.0 Å². The lowest BCUT2D eigenvalue weighted by Crippen LogP contribution is -2.44. The Kier molecular flexibility index (Phi) is 2.85. The topological polar surface area (TPSA) is 35.2 Å². The highest BCUT2D eigenvalue weighted by atomic mass is 16.5. The van der Waals surface area contributed by atoms with E-state index in [0.29, 0.717) is 11.5 Å². The highest BCUT2D eigenvalue weighted by Gasteiger charge is 2.47. The van der Waals surface area contributed by atoms with Gasteiger partial charge in [0.25, 0.3) is 0 Å². The number of nitrogens with two attached hydrogens (primary N) is 1. The molecule has 0 aromatic carbocycles. The van der Waals surface area contributed by atoms with E-state index in [4.69, 9.17) is 10.5 Å². The molecule has 1 saturated heterocycles. The molecule has 0 spiro atoms. The fourth-order valence-corrected chi connectivity index (χ4v) is 3.24. The van der Waals surface area contributed by atoms with Crippen LogP contribution in [0.25, 0.3) is 0 Å². The van der Waals surface area contributed by atoms with Gasteiger partial charge in [-0.25, -0.2) is 0 Å². The fraction of sp³-hybridized carbons (Fsp3) is 1.00. The van der Waals surface area contributed by atoms with Crippen molar-refractivity contribution < 1.29 is 4.74 Å². The third-order valence-electron chi connectivity index (χ3n) is 4.42. The van der Waals surface area contributed by atoms with E-state index in [1.54, 1.807) is 0 Å². The molecule has 1 saturated carbocycles. The van der Waals surface area contributed by atoms with Crippen molar-refractivity contribution in [2.24, 2.45) is 23.0 Å². The van der Waals surface area contributed by atoms with Gasteiger partial charge < -0.3 is 10.5 Å². The summed E-state index contributed by atoms with van der Waals surface area (Å²) >= 11 is 0. The highest BCUT2D eigenvalue weighted by molar-refractivity contribution is 4.98. The van der Waals surface area contributed by atoms with Gasteiger partial charge in [-0.05, 0) is 37.5 Å². The summed E-state index contributed by atoms with van der Waals surface area (Å²) in [6, 6.07) is 0. The van der Waals surface area contributed by atoms with Crippen molar-refractivity contribution >= 4 is 0 Å². The van der Waals surface area contributed by atoms with Crippen molar-refractivity contribution in [2.75, 3.05) is 13.2 Å². The van der Waals surface area contributed by atoms with Gasteiger partial charge in [-0.3, -0.25) is 0 Å². The first-order chi connectivity index (χ1) is 6.68. The molecule has 0 aromatic rings. The number of rotatable bonds is 2. The molecule has 2 fully saturated rings. The van der Waals surface area contributed by atoms with Gasteiger partial charge >= 0.3 is 0 Å². The van der Waals surface area contributed by atoms with Gasteiger partial charge in [-0.15, -0.1) is 0 Å². The summed E-state index contributed by atoms with van der Waals surface area (Å²) in [5, 5.41) is 0. The van der Waals surface area contributed by atoms with Crippen molar-refractivity contribution in [2.45, 2.75) is 45.6 Å². The number of hydrogen-bond acceptors (Lipinski definition) is 2. The maximum atomic E-state index is 5.96. The zero-order chi connectivity index (χ0) is 10.2. The fourth-order valence-electron chi connectivity index (χ4n) is 3.24. The monoisotopic (exact) mass is 197 g/mol. The summed E-state index contributed by atoms with van der Waals surface area (Å²) in [4.78, 5) is 0. The Hall–Kier alpha value is -0.0800. The van der Waals surface area contributed by atoms with Crippen LogP contribution in [0.2, 0.25) is 0 Å². The van der Waals surface area contributed by atoms with Gasteiger partial charge in [-0.1, -0.05) is 13.8 Å². The lowest BCUT2D eigenvalue weighted by Gasteiger charge is -2.42. The molecule has 0 amide bonds. The molecule has 0 radical (unpaired) electrons. The van der Waals surface area contributed by atoms with E-state index in [-0.39, 0.29) is 0 Å². The molecule has 1 aliphatic heterocycles. The molecular weight excluding hydrogens is 174 g/mol. The molecule has 2 rings (SSSR count). The zero-order valence-corrected chi connectivity index (χ0v) is 9.46. The predicted molar refractivity (Wildman–Crippen MR) is 58.0 cm³/mol. The lowest BCUT2D eigenvalue weighted by atomic mass is 9.65. The van der Waals surface area contributed by atoms with Gasteiger partial charge in [0.1, 0.15) is 0 Å². The molecule has 2 heteroatoms. The van der Waals surface area contributed by atoms with Crippen LogP contribution in [-0.4, -0.2) is 19.3 Å². The summed E-state index contributed by atoms with van der Waals surface area (Å²) in [6.07, 6.45) is 5.54. The van der Waals surface area contributed by atoms with Crippen molar-refractivity contribution in [3.8, 4) is 0 Å². The van der Waals surface area contributed by atoms with Crippen molar-refractivity contribution in [3.05, 3.63) is 0 Å². The number of fused-ring (bicyclic) bond motifs is 1. The van der Waals surface area contributed by atoms with Crippen LogP contribution in [-0.2, 0) is 4.74 Å². The maximum absolute atomic E-state index is 5.96. The maximum Gasteiger partial charge on any atom is 0.0644 e. The van der Waals surface area contributed by atoms with Crippen molar-refractivity contribution in [1.29, 1.82) is 0 Å². The van der Waals surface area contributed by atoms with Crippen LogP contribution in [0.15, 0.2) is 0 Å². The van der Waals surface area contributed by atoms with Crippen LogP contribution in [0.4, 0.5) is 0 Å². The van der Waals surface area contributed by atoms with E-state index in [1.807, 2.05) is 0 Å². The van der Waals surface area contributed by atoms with E-state index in [9.17, 15) is 0 Å². The second-order valence-electron chi connectivity index (χ2n) is 5.46. The van der Waals surface area contributed by atoms with E-state index in [1.165, 1.54) is 25.7 Å². The first kappa shape index (κ1) is 10.4. The van der Waals surface area contributed by atoms with Crippen LogP contribution in [0.5, 0.6) is 0 Å². The largest absolute Gasteiger partial charge is 0.378 e. The zero-order valence-electron chi connectivity index (χ0n) is 9.46. The van der Waals surface area contributed by atoms with Gasteiger partial charge in [0.05, 0.1) is 6.10 Å². The van der Waals surface area contributed by atoms with E-state index in [2.05, 4.69) is 13.8 Å². The van der Waals surface area contributed by atoms with Gasteiger partial charge in [-0.2, -0.15) is 0 Å². The minimum atomic E-state index is 0.340. The predicted octanol–water partition coefficient (Wildman–Crippen LogP) is 2.18. The Balaban J connectivity index is 2.09. The number of ether oxygens (including phenoxy) is 1. The molecule has 0 bridgehead atoms. The third kappa shape index (κ3) is 1.59. The minimum Gasteiger partial charge on any atom is -0.378 e. The Bertz CT molecular complexity index is 204. The minimum absolute atomic E-state index is 0.340. The Morgan fingerprint density at radius 2 is 2.21 bits per heavy atom. The summed E-state index contributed by atoms with van der Waals surface area (Å²) < 4.78 is 5.80. The summed E-state index contributed by atoms with van der Waals surface area (Å²) in [5.41, 5.74) is 6.30. The average Bonchev–Trinajstić information content (AvgIpc) is 2.60. The molecule has 0 aromatic heterocycles. The van der Waals surface area contributed by atoms with Gasteiger partial charge in [0, 0.05) is 18.6 Å². The smallest absolute Gasteiger partial charge is 0.0644 e. The average molecular weight is 197 g/mol. The molecule has 82 valence electrons. The normalized spacial score (nSPS) is 42.9. The Morgan fingerprint density at radius 1 is 1.43 bits per heavy atom. The van der Waals surface area contributed by atoms with Gasteiger partial charge in [0.2, 0.25) is 0 Å². The molecule has 14 heavy (non-hydrogen) atoms. The third-order valence-corrected chi connectivity index (χ3v) is 4.42. The Labute approximate surface area is 87.2 Å². The standard InChI is InChI=1S/C12H23NO/c1-9(2)10-3-4-11-12(7-10,8-13)5-6-14-11/h9-11H,3-8,13H2,1-2H3/t10-,11-,12-/m1/s1. The quantitative estimate of drug-likeness (QED) is 0.736. The first-order valence-electron chi connectivity index (χ1n) is 5.99. The second-order valence-corrected chi connectivity index (χ2v) is 5.46. The highest BCUT2D eigenvalue weighted by Crippen LogP contribution is 2.48. The molecule has 2 N–H and O–H groups in total. The SMILES string of the molecule is CC(C)[C@@H]1CC[C@H]2OCC[C@]2(CN)C1. The lowest BCUT2D eigenvalue weighted by molar-refractivity contribution is -0.00523. The number of hydrogen-bond donors (Lipinski definition) is 1. The Morgan fingerprint density at radius 3 is 2.86 bits per heavy atom. The molecule has 2 nitrogen and oxygen atoms in total. The van der Waals surface area contributed by atoms with Crippen LogP contribution in [0.1, 0.15) is 39.5 Å². The summed E-state index contributed by atoms with van der Waals surface area (Å²) in [6.45, 7) is 6.43. The second kappa shape index (κ2) is 3.82. The molecule has 3 atom stereocenters. The van der Waals surface area contributed by atoms with Crippen LogP contribution >= 0.6 is 0 Å². The van der Waals surface area contributed by atoms with Crippen molar-refractivity contribution in [1.82, 2.24) is 0 Å². The summed E-state index contributed by atoms with van der Waals surface area (Å²) in [7, 11) is 0. The molecule has 1 aliphatic carbocycles. The van der Waals surface area contributed by atoms with E-state index >= 15 is 0 Å². The molecule has 2 aliphatic rings. The molecule has 0 unspecified atom stereocenters. The molecular formula is C12H23NO. The van der Waals surface area contributed by atoms with Crippen LogP contribution in [0.3, 0.4) is 0 Å². The van der Waals surface area contributed by atoms with Gasteiger partial charge in [0.15, 0.2) is 0 Å². The van der Waals surface area contributed by atoms with E-state index < -0.39 is 0 Å². The molecule has 1 heterocycles. The van der Waals surface area contributed by atoms with Crippen LogP contribution in [0, 0.1) is 17.3 Å². The first-order valence-corrected chi connectivity index (χ1v) is 5.99. The van der Waals surface area contributed by atoms with Crippen LogP contribution < -0.4 is 5.73 Å².